The van der Waals surface area contributed by atoms with Crippen LogP contribution in [0.4, 0.5) is 5.69 Å². The number of nitrogens with one attached hydrogen (secondary N) is 1. The van der Waals surface area contributed by atoms with Crippen molar-refractivity contribution in [3.63, 3.8) is 0 Å². The van der Waals surface area contributed by atoms with Crippen LogP contribution in [0.3, 0.4) is 0 Å². The predicted molar refractivity (Wildman–Crippen MR) is 105 cm³/mol. The number of halogens is 1. The van der Waals surface area contributed by atoms with E-state index in [2.05, 4.69) is 5.32 Å². The minimum absolute atomic E-state index is 0. The molecule has 2 aromatic rings. The summed E-state index contributed by atoms with van der Waals surface area (Å²) in [4.78, 5) is 12.1. The molecule has 0 aromatic heterocycles. The second-order valence-electron chi connectivity index (χ2n) is 7.01. The summed E-state index contributed by atoms with van der Waals surface area (Å²) in [6.45, 7) is 6.96. The molecule has 0 aliphatic rings. The third kappa shape index (κ3) is 6.86. The first kappa shape index (κ1) is 21.2. The Morgan fingerprint density at radius 3 is 2.04 bits per heavy atom. The number of carbonyl (C=O) groups is 1. The Morgan fingerprint density at radius 1 is 1.00 bits per heavy atom. The molecule has 0 radical (unpaired) electrons. The summed E-state index contributed by atoms with van der Waals surface area (Å²) >= 11 is 0. The van der Waals surface area contributed by atoms with Gasteiger partial charge < -0.3 is 15.8 Å². The molecular weight excluding hydrogens is 336 g/mol. The topological polar surface area (TPSA) is 64.4 Å². The molecule has 0 heterocycles. The predicted octanol–water partition coefficient (Wildman–Crippen LogP) is 4.14. The van der Waals surface area contributed by atoms with E-state index >= 15 is 0 Å². The fraction of sp³-hybridized carbons (Fsp3) is 0.350. The molecule has 2 aromatic carbocycles. The minimum Gasteiger partial charge on any atom is -0.372 e. The molecule has 0 aliphatic heterocycles. The molecule has 0 aliphatic carbocycles. The number of carbonyl (C=O) groups excluding carboxylic acids is 1. The molecule has 0 fully saturated rings. The van der Waals surface area contributed by atoms with Gasteiger partial charge in [-0.3, -0.25) is 4.79 Å². The van der Waals surface area contributed by atoms with Crippen LogP contribution in [0.1, 0.15) is 31.9 Å². The Hall–Kier alpha value is -1.88. The molecule has 4 nitrogen and oxygen atoms in total. The molecule has 3 N–H and O–H groups in total. The average Bonchev–Trinajstić information content (AvgIpc) is 2.56. The van der Waals surface area contributed by atoms with Gasteiger partial charge in [0.15, 0.2) is 0 Å². The zero-order chi connectivity index (χ0) is 17.6. The number of hydrogen-bond donors (Lipinski definition) is 2. The monoisotopic (exact) mass is 362 g/mol. The molecule has 0 unspecified atom stereocenters. The Labute approximate surface area is 156 Å². The van der Waals surface area contributed by atoms with Crippen molar-refractivity contribution in [1.82, 2.24) is 0 Å². The fourth-order valence-corrected chi connectivity index (χ4v) is 2.16. The fourth-order valence-electron chi connectivity index (χ4n) is 2.16. The molecule has 2 rings (SSSR count). The summed E-state index contributed by atoms with van der Waals surface area (Å²) in [5.41, 5.74) is 8.64. The Kier molecular flexibility index (Phi) is 8.10. The Bertz CT molecular complexity index is 652. The largest absolute Gasteiger partial charge is 0.372 e. The second-order valence-corrected chi connectivity index (χ2v) is 7.01. The van der Waals surface area contributed by atoms with Gasteiger partial charge in [0.1, 0.15) is 0 Å². The molecule has 0 saturated heterocycles. The molecule has 1 atom stereocenters. The standard InChI is InChI=1S/C20H26N2O2.ClH/c1-20(2,3)18(21)19(23)22-17-11-9-16(10-12-17)14-24-13-15-7-5-4-6-8-15;/h4-12,18H,13-14,21H2,1-3H3,(H,22,23);1H/t18-;/m1./s1. The SMILES string of the molecule is CC(C)(C)[C@H](N)C(=O)Nc1ccc(COCc2ccccc2)cc1.Cl. The Balaban J connectivity index is 0.00000312. The van der Waals surface area contributed by atoms with Crippen molar-refractivity contribution < 1.29 is 9.53 Å². The van der Waals surface area contributed by atoms with E-state index in [-0.39, 0.29) is 23.7 Å². The summed E-state index contributed by atoms with van der Waals surface area (Å²) in [6.07, 6.45) is 0. The second kappa shape index (κ2) is 9.56. The van der Waals surface area contributed by atoms with Crippen molar-refractivity contribution in [2.75, 3.05) is 5.32 Å². The van der Waals surface area contributed by atoms with Crippen LogP contribution >= 0.6 is 12.4 Å². The normalized spacial score (nSPS) is 12.2. The lowest BCUT2D eigenvalue weighted by atomic mass is 9.87. The highest BCUT2D eigenvalue weighted by Gasteiger charge is 2.27. The van der Waals surface area contributed by atoms with E-state index < -0.39 is 6.04 Å². The molecule has 25 heavy (non-hydrogen) atoms. The maximum absolute atomic E-state index is 12.1. The summed E-state index contributed by atoms with van der Waals surface area (Å²) in [5.74, 6) is -0.171. The van der Waals surface area contributed by atoms with Crippen molar-refractivity contribution in [3.05, 3.63) is 65.7 Å². The number of rotatable bonds is 6. The highest BCUT2D eigenvalue weighted by Crippen LogP contribution is 2.19. The van der Waals surface area contributed by atoms with Crippen LogP contribution in [0, 0.1) is 5.41 Å². The lowest BCUT2D eigenvalue weighted by Gasteiger charge is -2.25. The van der Waals surface area contributed by atoms with E-state index in [1.165, 1.54) is 0 Å². The summed E-state index contributed by atoms with van der Waals surface area (Å²) in [7, 11) is 0. The van der Waals surface area contributed by atoms with E-state index in [0.29, 0.717) is 13.2 Å². The van der Waals surface area contributed by atoms with Crippen molar-refractivity contribution in [1.29, 1.82) is 0 Å². The third-order valence-corrected chi connectivity index (χ3v) is 3.82. The van der Waals surface area contributed by atoms with Crippen molar-refractivity contribution in [2.45, 2.75) is 40.0 Å². The summed E-state index contributed by atoms with van der Waals surface area (Å²) in [6, 6.07) is 17.1. The van der Waals surface area contributed by atoms with Crippen LogP contribution in [0.5, 0.6) is 0 Å². The van der Waals surface area contributed by atoms with E-state index in [0.717, 1.165) is 16.8 Å². The van der Waals surface area contributed by atoms with Crippen LogP contribution in [0.15, 0.2) is 54.6 Å². The first-order valence-corrected chi connectivity index (χ1v) is 8.13. The highest BCUT2D eigenvalue weighted by molar-refractivity contribution is 5.95. The van der Waals surface area contributed by atoms with E-state index in [4.69, 9.17) is 10.5 Å². The highest BCUT2D eigenvalue weighted by atomic mass is 35.5. The maximum Gasteiger partial charge on any atom is 0.241 e. The van der Waals surface area contributed by atoms with Crippen molar-refractivity contribution in [3.8, 4) is 0 Å². The van der Waals surface area contributed by atoms with Gasteiger partial charge in [0, 0.05) is 5.69 Å². The van der Waals surface area contributed by atoms with Gasteiger partial charge in [-0.2, -0.15) is 0 Å². The van der Waals surface area contributed by atoms with Gasteiger partial charge in [0.05, 0.1) is 19.3 Å². The molecule has 0 saturated carbocycles. The molecule has 136 valence electrons. The first-order chi connectivity index (χ1) is 11.4. The van der Waals surface area contributed by atoms with Gasteiger partial charge in [0.25, 0.3) is 0 Å². The van der Waals surface area contributed by atoms with Crippen molar-refractivity contribution >= 4 is 24.0 Å². The van der Waals surface area contributed by atoms with E-state index in [9.17, 15) is 4.79 Å². The van der Waals surface area contributed by atoms with Gasteiger partial charge in [0.2, 0.25) is 5.91 Å². The van der Waals surface area contributed by atoms with E-state index in [1.807, 2.05) is 75.4 Å². The number of hydrogen-bond acceptors (Lipinski definition) is 3. The summed E-state index contributed by atoms with van der Waals surface area (Å²) in [5, 5.41) is 2.85. The minimum atomic E-state index is -0.550. The van der Waals surface area contributed by atoms with Gasteiger partial charge in [-0.05, 0) is 28.7 Å². The Morgan fingerprint density at radius 2 is 1.52 bits per heavy atom. The quantitative estimate of drug-likeness (QED) is 0.811. The van der Waals surface area contributed by atoms with Crippen LogP contribution in [0.25, 0.3) is 0 Å². The van der Waals surface area contributed by atoms with E-state index in [1.54, 1.807) is 0 Å². The van der Waals surface area contributed by atoms with Gasteiger partial charge >= 0.3 is 0 Å². The zero-order valence-corrected chi connectivity index (χ0v) is 15.8. The number of nitrogens with two attached hydrogens (primary N) is 1. The lowest BCUT2D eigenvalue weighted by molar-refractivity contribution is -0.119. The first-order valence-electron chi connectivity index (χ1n) is 8.13. The number of benzene rings is 2. The molecule has 0 spiro atoms. The zero-order valence-electron chi connectivity index (χ0n) is 15.0. The van der Waals surface area contributed by atoms with Crippen LogP contribution in [-0.2, 0) is 22.7 Å². The van der Waals surface area contributed by atoms with Crippen molar-refractivity contribution in [2.24, 2.45) is 11.1 Å². The molecular formula is C20H27ClN2O2. The third-order valence-electron chi connectivity index (χ3n) is 3.82. The van der Waals surface area contributed by atoms with Gasteiger partial charge in [-0.1, -0.05) is 63.2 Å². The molecule has 1 amide bonds. The van der Waals surface area contributed by atoms with Crippen LogP contribution in [-0.4, -0.2) is 11.9 Å². The van der Waals surface area contributed by atoms with Crippen LogP contribution < -0.4 is 11.1 Å². The number of anilines is 1. The van der Waals surface area contributed by atoms with Crippen LogP contribution in [0.2, 0.25) is 0 Å². The van der Waals surface area contributed by atoms with Gasteiger partial charge in [-0.25, -0.2) is 0 Å². The number of amides is 1. The summed E-state index contributed by atoms with van der Waals surface area (Å²) < 4.78 is 5.70. The smallest absolute Gasteiger partial charge is 0.241 e. The average molecular weight is 363 g/mol. The lowest BCUT2D eigenvalue weighted by Crippen LogP contribution is -2.45. The molecule has 5 heteroatoms. The van der Waals surface area contributed by atoms with Gasteiger partial charge in [-0.15, -0.1) is 12.4 Å². The maximum atomic E-state index is 12.1. The molecule has 0 bridgehead atoms. The number of ether oxygens (including phenoxy) is 1.